The van der Waals surface area contributed by atoms with Gasteiger partial charge < -0.3 is 9.47 Å². The zero-order valence-electron chi connectivity index (χ0n) is 11.1. The molecular weight excluding hydrogens is 204 g/mol. The van der Waals surface area contributed by atoms with Gasteiger partial charge >= 0.3 is 5.97 Å². The van der Waals surface area contributed by atoms with E-state index in [9.17, 15) is 4.79 Å². The van der Waals surface area contributed by atoms with Crippen molar-refractivity contribution in [3.63, 3.8) is 0 Å². The maximum absolute atomic E-state index is 12.1. The van der Waals surface area contributed by atoms with Crippen molar-refractivity contribution in [3.05, 3.63) is 0 Å². The molecule has 0 aliphatic carbocycles. The van der Waals surface area contributed by atoms with E-state index in [2.05, 4.69) is 20.8 Å². The van der Waals surface area contributed by atoms with Crippen LogP contribution >= 0.6 is 0 Å². The molecule has 0 spiro atoms. The first kappa shape index (κ1) is 13.5. The minimum Gasteiger partial charge on any atom is -0.435 e. The molecule has 3 heteroatoms. The van der Waals surface area contributed by atoms with Crippen molar-refractivity contribution in [3.8, 4) is 0 Å². The number of rotatable bonds is 2. The number of hydrogen-bond acceptors (Lipinski definition) is 3. The summed E-state index contributed by atoms with van der Waals surface area (Å²) in [5.74, 6) is -0.160. The Bertz CT molecular complexity index is 244. The average Bonchev–Trinajstić information content (AvgIpc) is 2.17. The molecule has 0 N–H and O–H groups in total. The highest BCUT2D eigenvalue weighted by atomic mass is 16.7. The number of carbonyl (C=O) groups is 1. The van der Waals surface area contributed by atoms with Gasteiger partial charge in [0.15, 0.2) is 0 Å². The summed E-state index contributed by atoms with van der Waals surface area (Å²) < 4.78 is 10.8. The summed E-state index contributed by atoms with van der Waals surface area (Å²) >= 11 is 0. The van der Waals surface area contributed by atoms with Gasteiger partial charge in [-0.25, -0.2) is 0 Å². The molecule has 0 aromatic heterocycles. The molecule has 1 atom stereocenters. The second-order valence-corrected chi connectivity index (χ2v) is 6.08. The first-order valence-corrected chi connectivity index (χ1v) is 6.08. The fourth-order valence-corrected chi connectivity index (χ4v) is 1.38. The molecule has 0 amide bonds. The monoisotopic (exact) mass is 228 g/mol. The van der Waals surface area contributed by atoms with Gasteiger partial charge in [0.1, 0.15) is 0 Å². The van der Waals surface area contributed by atoms with Gasteiger partial charge in [-0.15, -0.1) is 0 Å². The molecule has 1 fully saturated rings. The van der Waals surface area contributed by atoms with E-state index < -0.39 is 5.41 Å². The van der Waals surface area contributed by atoms with E-state index in [4.69, 9.17) is 9.47 Å². The summed E-state index contributed by atoms with van der Waals surface area (Å²) in [5.41, 5.74) is -0.605. The van der Waals surface area contributed by atoms with Crippen molar-refractivity contribution in [1.29, 1.82) is 0 Å². The third kappa shape index (κ3) is 2.97. The first-order valence-electron chi connectivity index (χ1n) is 6.08. The van der Waals surface area contributed by atoms with Crippen LogP contribution in [0.15, 0.2) is 0 Å². The maximum atomic E-state index is 12.1. The van der Waals surface area contributed by atoms with Crippen LogP contribution in [0.2, 0.25) is 0 Å². The Labute approximate surface area is 98.5 Å². The highest BCUT2D eigenvalue weighted by Gasteiger charge is 2.42. The van der Waals surface area contributed by atoms with Crippen molar-refractivity contribution >= 4 is 5.97 Å². The van der Waals surface area contributed by atoms with E-state index >= 15 is 0 Å². The number of esters is 1. The van der Waals surface area contributed by atoms with Crippen LogP contribution in [0.4, 0.5) is 0 Å². The average molecular weight is 228 g/mol. The van der Waals surface area contributed by atoms with Gasteiger partial charge in [0.2, 0.25) is 6.29 Å². The molecule has 1 rings (SSSR count). The highest BCUT2D eigenvalue weighted by Crippen LogP contribution is 2.39. The summed E-state index contributed by atoms with van der Waals surface area (Å²) in [6.07, 6.45) is 2.64. The third-order valence-corrected chi connectivity index (χ3v) is 3.76. The second kappa shape index (κ2) is 4.74. The van der Waals surface area contributed by atoms with Gasteiger partial charge in [-0.3, -0.25) is 4.79 Å². The Morgan fingerprint density at radius 2 is 1.81 bits per heavy atom. The second-order valence-electron chi connectivity index (χ2n) is 6.08. The molecule has 0 aromatic rings. The Hall–Kier alpha value is -0.570. The Kier molecular flexibility index (Phi) is 4.00. The number of hydrogen-bond donors (Lipinski definition) is 0. The van der Waals surface area contributed by atoms with Crippen LogP contribution in [-0.4, -0.2) is 18.9 Å². The maximum Gasteiger partial charge on any atom is 0.314 e. The minimum atomic E-state index is -0.492. The van der Waals surface area contributed by atoms with Crippen molar-refractivity contribution in [2.24, 2.45) is 10.8 Å². The molecule has 3 nitrogen and oxygen atoms in total. The van der Waals surface area contributed by atoms with Crippen molar-refractivity contribution in [2.75, 3.05) is 6.61 Å². The standard InChI is InChI=1S/C13H24O3/c1-12(2,3)13(4,5)11(14)16-10-8-6-7-9-15-10/h10H,6-9H2,1-5H3. The topological polar surface area (TPSA) is 35.5 Å². The van der Waals surface area contributed by atoms with E-state index in [1.807, 2.05) is 13.8 Å². The predicted molar refractivity (Wildman–Crippen MR) is 62.9 cm³/mol. The Morgan fingerprint density at radius 3 is 2.25 bits per heavy atom. The number of carbonyl (C=O) groups excluding carboxylic acids is 1. The Balaban J connectivity index is 2.57. The quantitative estimate of drug-likeness (QED) is 0.681. The first-order chi connectivity index (χ1) is 7.25. The summed E-state index contributed by atoms with van der Waals surface area (Å²) in [6.45, 7) is 10.7. The van der Waals surface area contributed by atoms with E-state index in [0.717, 1.165) is 19.3 Å². The summed E-state index contributed by atoms with van der Waals surface area (Å²) in [4.78, 5) is 12.1. The zero-order valence-corrected chi connectivity index (χ0v) is 11.1. The molecule has 0 aromatic carbocycles. The van der Waals surface area contributed by atoms with Gasteiger partial charge in [0, 0.05) is 6.42 Å². The molecule has 94 valence electrons. The van der Waals surface area contributed by atoms with E-state index in [1.54, 1.807) is 0 Å². The fraction of sp³-hybridized carbons (Fsp3) is 0.923. The van der Waals surface area contributed by atoms with Crippen LogP contribution in [0.25, 0.3) is 0 Å². The van der Waals surface area contributed by atoms with Crippen LogP contribution in [0.3, 0.4) is 0 Å². The van der Waals surface area contributed by atoms with Crippen molar-refractivity contribution in [1.82, 2.24) is 0 Å². The fourth-order valence-electron chi connectivity index (χ4n) is 1.38. The lowest BCUT2D eigenvalue weighted by Gasteiger charge is -2.37. The Morgan fingerprint density at radius 1 is 1.19 bits per heavy atom. The molecule has 0 radical (unpaired) electrons. The van der Waals surface area contributed by atoms with Crippen LogP contribution in [-0.2, 0) is 14.3 Å². The van der Waals surface area contributed by atoms with Gasteiger partial charge in [0.05, 0.1) is 12.0 Å². The normalized spacial score (nSPS) is 22.9. The lowest BCUT2D eigenvalue weighted by molar-refractivity contribution is -0.200. The lowest BCUT2D eigenvalue weighted by atomic mass is 9.69. The van der Waals surface area contributed by atoms with E-state index in [1.165, 1.54) is 0 Å². The van der Waals surface area contributed by atoms with Crippen LogP contribution in [0, 0.1) is 10.8 Å². The van der Waals surface area contributed by atoms with Crippen LogP contribution < -0.4 is 0 Å². The molecule has 0 bridgehead atoms. The van der Waals surface area contributed by atoms with Gasteiger partial charge in [-0.05, 0) is 32.1 Å². The van der Waals surface area contributed by atoms with E-state index in [0.29, 0.717) is 6.61 Å². The summed E-state index contributed by atoms with van der Waals surface area (Å²) in [5, 5.41) is 0. The number of ether oxygens (including phenoxy) is 2. The molecule has 1 unspecified atom stereocenters. The van der Waals surface area contributed by atoms with Gasteiger partial charge in [0.25, 0.3) is 0 Å². The largest absolute Gasteiger partial charge is 0.435 e. The smallest absolute Gasteiger partial charge is 0.314 e. The van der Waals surface area contributed by atoms with Crippen molar-refractivity contribution < 1.29 is 14.3 Å². The highest BCUT2D eigenvalue weighted by molar-refractivity contribution is 5.77. The molecular formula is C13H24O3. The van der Waals surface area contributed by atoms with Crippen LogP contribution in [0.5, 0.6) is 0 Å². The minimum absolute atomic E-state index is 0.112. The summed E-state index contributed by atoms with van der Waals surface area (Å²) in [7, 11) is 0. The molecule has 1 heterocycles. The molecule has 1 aliphatic rings. The van der Waals surface area contributed by atoms with Gasteiger partial charge in [-0.1, -0.05) is 20.8 Å². The van der Waals surface area contributed by atoms with Crippen molar-refractivity contribution in [2.45, 2.75) is 60.2 Å². The molecule has 1 saturated heterocycles. The summed E-state index contributed by atoms with van der Waals surface area (Å²) in [6, 6.07) is 0. The molecule has 0 saturated carbocycles. The molecule has 16 heavy (non-hydrogen) atoms. The predicted octanol–water partition coefficient (Wildman–Crippen LogP) is 3.13. The van der Waals surface area contributed by atoms with E-state index in [-0.39, 0.29) is 17.7 Å². The SMILES string of the molecule is CC(C)(C)C(C)(C)C(=O)OC1CCCCO1. The third-order valence-electron chi connectivity index (χ3n) is 3.76. The van der Waals surface area contributed by atoms with Gasteiger partial charge in [-0.2, -0.15) is 0 Å². The van der Waals surface area contributed by atoms with Crippen LogP contribution in [0.1, 0.15) is 53.9 Å². The lowest BCUT2D eigenvalue weighted by Crippen LogP contribution is -2.41. The zero-order chi connectivity index (χ0) is 12.4. The molecule has 1 aliphatic heterocycles.